The third-order valence-corrected chi connectivity index (χ3v) is 3.16. The summed E-state index contributed by atoms with van der Waals surface area (Å²) in [5.74, 6) is 0.979. The van der Waals surface area contributed by atoms with E-state index in [0.717, 1.165) is 37.6 Å². The van der Waals surface area contributed by atoms with Gasteiger partial charge in [-0.25, -0.2) is 0 Å². The Morgan fingerprint density at radius 2 is 2.17 bits per heavy atom. The number of hydrogen-bond acceptors (Lipinski definition) is 4. The van der Waals surface area contributed by atoms with E-state index in [-0.39, 0.29) is 0 Å². The van der Waals surface area contributed by atoms with Crippen LogP contribution in [0.2, 0.25) is 0 Å². The second kappa shape index (κ2) is 5.96. The van der Waals surface area contributed by atoms with Gasteiger partial charge in [-0.05, 0) is 25.5 Å². The van der Waals surface area contributed by atoms with Crippen LogP contribution in [-0.4, -0.2) is 29.3 Å². The predicted molar refractivity (Wildman–Crippen MR) is 74.6 cm³/mol. The van der Waals surface area contributed by atoms with Crippen molar-refractivity contribution in [2.24, 2.45) is 0 Å². The maximum atomic E-state index is 4.31. The lowest BCUT2D eigenvalue weighted by atomic mass is 10.1. The van der Waals surface area contributed by atoms with E-state index in [2.05, 4.69) is 59.4 Å². The first-order valence-corrected chi connectivity index (χ1v) is 6.61. The third kappa shape index (κ3) is 3.53. The van der Waals surface area contributed by atoms with Gasteiger partial charge in [0.25, 0.3) is 0 Å². The van der Waals surface area contributed by atoms with Gasteiger partial charge in [0.1, 0.15) is 0 Å². The van der Waals surface area contributed by atoms with Crippen LogP contribution < -0.4 is 10.2 Å². The molecule has 0 aliphatic carbocycles. The Balaban J connectivity index is 1.95. The molecular weight excluding hydrogens is 224 g/mol. The Morgan fingerprint density at radius 1 is 1.33 bits per heavy atom. The van der Waals surface area contributed by atoms with Crippen LogP contribution in [0.3, 0.4) is 0 Å². The summed E-state index contributed by atoms with van der Waals surface area (Å²) in [6.45, 7) is 9.22. The monoisotopic (exact) mass is 246 g/mol. The van der Waals surface area contributed by atoms with Gasteiger partial charge >= 0.3 is 0 Å². The van der Waals surface area contributed by atoms with Gasteiger partial charge in [-0.1, -0.05) is 25.5 Å². The Kier molecular flexibility index (Phi) is 4.31. The van der Waals surface area contributed by atoms with E-state index in [1.165, 1.54) is 5.57 Å². The second-order valence-corrected chi connectivity index (χ2v) is 5.16. The first-order chi connectivity index (χ1) is 8.65. The third-order valence-electron chi connectivity index (χ3n) is 3.16. The zero-order valence-electron chi connectivity index (χ0n) is 11.5. The molecule has 0 saturated carbocycles. The Bertz CT molecular complexity index is 408. The molecule has 18 heavy (non-hydrogen) atoms. The van der Waals surface area contributed by atoms with Crippen molar-refractivity contribution >= 4 is 5.82 Å². The van der Waals surface area contributed by atoms with Gasteiger partial charge in [0.2, 0.25) is 0 Å². The van der Waals surface area contributed by atoms with E-state index in [9.17, 15) is 0 Å². The highest BCUT2D eigenvalue weighted by molar-refractivity contribution is 5.40. The van der Waals surface area contributed by atoms with Crippen molar-refractivity contribution in [2.45, 2.75) is 39.8 Å². The van der Waals surface area contributed by atoms with Crippen molar-refractivity contribution in [3.8, 4) is 0 Å². The number of nitrogens with zero attached hydrogens (tertiary/aromatic N) is 3. The van der Waals surface area contributed by atoms with Crippen molar-refractivity contribution in [2.75, 3.05) is 18.0 Å². The Morgan fingerprint density at radius 3 is 2.72 bits per heavy atom. The molecule has 2 rings (SSSR count). The minimum absolute atomic E-state index is 0.474. The quantitative estimate of drug-likeness (QED) is 0.826. The van der Waals surface area contributed by atoms with Gasteiger partial charge in [0.05, 0.1) is 5.69 Å². The number of hydrogen-bond donors (Lipinski definition) is 1. The Labute approximate surface area is 109 Å². The molecule has 4 nitrogen and oxygen atoms in total. The molecule has 0 spiro atoms. The van der Waals surface area contributed by atoms with Gasteiger partial charge in [-0.3, -0.25) is 0 Å². The van der Waals surface area contributed by atoms with E-state index < -0.39 is 0 Å². The lowest BCUT2D eigenvalue weighted by molar-refractivity contribution is 0.577. The van der Waals surface area contributed by atoms with E-state index in [1.807, 2.05) is 0 Å². The van der Waals surface area contributed by atoms with Gasteiger partial charge < -0.3 is 10.2 Å². The molecule has 98 valence electrons. The maximum absolute atomic E-state index is 4.31. The summed E-state index contributed by atoms with van der Waals surface area (Å²) in [6, 6.07) is 4.60. The van der Waals surface area contributed by atoms with Crippen molar-refractivity contribution in [1.29, 1.82) is 0 Å². The number of rotatable bonds is 4. The average molecular weight is 246 g/mol. The molecule has 0 saturated heterocycles. The van der Waals surface area contributed by atoms with E-state index >= 15 is 0 Å². The summed E-state index contributed by atoms with van der Waals surface area (Å²) in [4.78, 5) is 2.26. The van der Waals surface area contributed by atoms with Crippen molar-refractivity contribution < 1.29 is 0 Å². The molecule has 4 heteroatoms. The van der Waals surface area contributed by atoms with Crippen LogP contribution in [0, 0.1) is 0 Å². The first-order valence-electron chi connectivity index (χ1n) is 6.61. The minimum atomic E-state index is 0.474. The van der Waals surface area contributed by atoms with Crippen molar-refractivity contribution in [1.82, 2.24) is 15.5 Å². The van der Waals surface area contributed by atoms with E-state index in [4.69, 9.17) is 0 Å². The van der Waals surface area contributed by atoms with Gasteiger partial charge in [0.15, 0.2) is 5.82 Å². The molecule has 0 fully saturated rings. The largest absolute Gasteiger partial charge is 0.351 e. The Hall–Kier alpha value is -1.42. The summed E-state index contributed by atoms with van der Waals surface area (Å²) in [5, 5.41) is 11.9. The molecular formula is C14H22N4. The molecule has 0 unspecified atom stereocenters. The molecule has 1 aromatic heterocycles. The van der Waals surface area contributed by atoms with Crippen LogP contribution in [-0.2, 0) is 6.54 Å². The van der Waals surface area contributed by atoms with Crippen molar-refractivity contribution in [3.63, 3.8) is 0 Å². The molecule has 0 aromatic carbocycles. The summed E-state index contributed by atoms with van der Waals surface area (Å²) in [7, 11) is 0. The zero-order valence-corrected chi connectivity index (χ0v) is 11.5. The lowest BCUT2D eigenvalue weighted by Crippen LogP contribution is -2.29. The average Bonchev–Trinajstić information content (AvgIpc) is 2.38. The normalized spacial score (nSPS) is 16.0. The van der Waals surface area contributed by atoms with Crippen LogP contribution in [0.15, 0.2) is 23.8 Å². The summed E-state index contributed by atoms with van der Waals surface area (Å²) in [6.07, 6.45) is 3.39. The fourth-order valence-electron chi connectivity index (χ4n) is 1.90. The highest BCUT2D eigenvalue weighted by Crippen LogP contribution is 2.16. The number of aromatic nitrogens is 2. The van der Waals surface area contributed by atoms with Crippen LogP contribution >= 0.6 is 0 Å². The number of nitrogens with one attached hydrogen (secondary N) is 1. The molecule has 0 bridgehead atoms. The molecule has 2 heterocycles. The zero-order chi connectivity index (χ0) is 13.0. The van der Waals surface area contributed by atoms with Crippen LogP contribution in [0.1, 0.15) is 32.9 Å². The molecule has 0 radical (unpaired) electrons. The van der Waals surface area contributed by atoms with Gasteiger partial charge in [-0.15, -0.1) is 5.10 Å². The number of anilines is 1. The fourth-order valence-corrected chi connectivity index (χ4v) is 1.90. The SMILES string of the molecule is CC1=CCN(c2ccc(CNC(C)C)nn2)CC1. The topological polar surface area (TPSA) is 41.0 Å². The molecule has 1 aromatic rings. The van der Waals surface area contributed by atoms with Crippen LogP contribution in [0.4, 0.5) is 5.82 Å². The first kappa shape index (κ1) is 13.0. The van der Waals surface area contributed by atoms with Crippen LogP contribution in [0.25, 0.3) is 0 Å². The second-order valence-electron chi connectivity index (χ2n) is 5.16. The summed E-state index contributed by atoms with van der Waals surface area (Å²) in [5.41, 5.74) is 2.47. The minimum Gasteiger partial charge on any atom is -0.351 e. The molecule has 1 aliphatic rings. The van der Waals surface area contributed by atoms with Crippen molar-refractivity contribution in [3.05, 3.63) is 29.5 Å². The fraction of sp³-hybridized carbons (Fsp3) is 0.571. The molecule has 0 amide bonds. The summed E-state index contributed by atoms with van der Waals surface area (Å²) >= 11 is 0. The molecule has 1 aliphatic heterocycles. The summed E-state index contributed by atoms with van der Waals surface area (Å²) < 4.78 is 0. The van der Waals surface area contributed by atoms with Crippen LogP contribution in [0.5, 0.6) is 0 Å². The highest BCUT2D eigenvalue weighted by atomic mass is 15.3. The molecule has 1 N–H and O–H groups in total. The lowest BCUT2D eigenvalue weighted by Gasteiger charge is -2.25. The van der Waals surface area contributed by atoms with Gasteiger partial charge in [0, 0.05) is 25.7 Å². The predicted octanol–water partition coefficient (Wildman–Crippen LogP) is 2.13. The molecule has 0 atom stereocenters. The highest BCUT2D eigenvalue weighted by Gasteiger charge is 2.11. The standard InChI is InChI=1S/C14H22N4/c1-11(2)15-10-13-4-5-14(17-16-13)18-8-6-12(3)7-9-18/h4-6,11,15H,7-10H2,1-3H3. The van der Waals surface area contributed by atoms with Gasteiger partial charge in [-0.2, -0.15) is 5.10 Å². The smallest absolute Gasteiger partial charge is 0.151 e. The van der Waals surface area contributed by atoms with E-state index in [0.29, 0.717) is 6.04 Å². The maximum Gasteiger partial charge on any atom is 0.151 e. The van der Waals surface area contributed by atoms with E-state index in [1.54, 1.807) is 0 Å².